The quantitative estimate of drug-likeness (QED) is 0.865. The molecule has 1 saturated heterocycles. The normalized spacial score (nSPS) is 21.5. The summed E-state index contributed by atoms with van der Waals surface area (Å²) in [5.74, 6) is 0. The first-order valence-corrected chi connectivity index (χ1v) is 7.89. The van der Waals surface area contributed by atoms with E-state index in [0.717, 1.165) is 37.2 Å². The van der Waals surface area contributed by atoms with Crippen LogP contribution in [0.4, 0.5) is 5.69 Å². The average Bonchev–Trinajstić information content (AvgIpc) is 2.76. The Kier molecular flexibility index (Phi) is 4.03. The van der Waals surface area contributed by atoms with E-state index in [0.29, 0.717) is 12.2 Å². The van der Waals surface area contributed by atoms with Crippen LogP contribution in [0.5, 0.6) is 0 Å². The standard InChI is InChI=1S/C10H16N2O3S2/c11-8-5-10(16-7-8)17(13,14)12-6-9-3-1-2-4-15-9/h5,7,9,12H,1-4,6,11H2. The van der Waals surface area contributed by atoms with E-state index < -0.39 is 10.0 Å². The Morgan fingerprint density at radius 2 is 2.35 bits per heavy atom. The Bertz CT molecular complexity index is 464. The van der Waals surface area contributed by atoms with E-state index in [-0.39, 0.29) is 10.3 Å². The summed E-state index contributed by atoms with van der Waals surface area (Å²) in [6, 6.07) is 1.47. The molecule has 2 rings (SSSR count). The minimum absolute atomic E-state index is 0.00386. The lowest BCUT2D eigenvalue weighted by Crippen LogP contribution is -2.35. The van der Waals surface area contributed by atoms with Crippen molar-refractivity contribution in [2.75, 3.05) is 18.9 Å². The molecule has 0 amide bonds. The average molecular weight is 276 g/mol. The highest BCUT2D eigenvalue weighted by molar-refractivity contribution is 7.91. The molecule has 0 bridgehead atoms. The Labute approximate surface area is 105 Å². The number of thiophene rings is 1. The van der Waals surface area contributed by atoms with Crippen LogP contribution in [0.25, 0.3) is 0 Å². The summed E-state index contributed by atoms with van der Waals surface area (Å²) in [5, 5.41) is 1.62. The van der Waals surface area contributed by atoms with Crippen molar-refractivity contribution >= 4 is 27.0 Å². The molecule has 5 nitrogen and oxygen atoms in total. The van der Waals surface area contributed by atoms with Crippen molar-refractivity contribution in [3.63, 3.8) is 0 Å². The van der Waals surface area contributed by atoms with Crippen molar-refractivity contribution in [1.29, 1.82) is 0 Å². The maximum absolute atomic E-state index is 11.9. The van der Waals surface area contributed by atoms with Crippen LogP contribution < -0.4 is 10.5 Å². The summed E-state index contributed by atoms with van der Waals surface area (Å²) in [7, 11) is -3.43. The first-order chi connectivity index (χ1) is 8.08. The number of nitrogen functional groups attached to an aromatic ring is 1. The van der Waals surface area contributed by atoms with Crippen LogP contribution in [0.15, 0.2) is 15.7 Å². The molecule has 1 aromatic rings. The minimum Gasteiger partial charge on any atom is -0.398 e. The van der Waals surface area contributed by atoms with Crippen molar-refractivity contribution < 1.29 is 13.2 Å². The molecule has 3 N–H and O–H groups in total. The summed E-state index contributed by atoms with van der Waals surface area (Å²) < 4.78 is 32.0. The van der Waals surface area contributed by atoms with Crippen LogP contribution in [0.2, 0.25) is 0 Å². The van der Waals surface area contributed by atoms with Gasteiger partial charge in [-0.3, -0.25) is 0 Å². The fraction of sp³-hybridized carbons (Fsp3) is 0.600. The largest absolute Gasteiger partial charge is 0.398 e. The molecule has 2 heterocycles. The second-order valence-corrected chi connectivity index (χ2v) is 6.94. The number of anilines is 1. The number of ether oxygens (including phenoxy) is 1. The van der Waals surface area contributed by atoms with Gasteiger partial charge in [-0.25, -0.2) is 13.1 Å². The molecular weight excluding hydrogens is 260 g/mol. The third-order valence-corrected chi connectivity index (χ3v) is 5.52. The minimum atomic E-state index is -3.43. The van der Waals surface area contributed by atoms with Crippen molar-refractivity contribution in [1.82, 2.24) is 4.72 Å². The van der Waals surface area contributed by atoms with Gasteiger partial charge in [0.2, 0.25) is 10.0 Å². The third kappa shape index (κ3) is 3.41. The van der Waals surface area contributed by atoms with Crippen molar-refractivity contribution in [3.05, 3.63) is 11.4 Å². The maximum Gasteiger partial charge on any atom is 0.250 e. The fourth-order valence-electron chi connectivity index (χ4n) is 1.71. The third-order valence-electron chi connectivity index (χ3n) is 2.64. The molecule has 0 radical (unpaired) electrons. The predicted molar refractivity (Wildman–Crippen MR) is 67.5 cm³/mol. The Hall–Kier alpha value is -0.630. The fourth-order valence-corrected chi connectivity index (χ4v) is 3.90. The van der Waals surface area contributed by atoms with Gasteiger partial charge < -0.3 is 10.5 Å². The molecule has 0 aliphatic carbocycles. The van der Waals surface area contributed by atoms with E-state index in [1.165, 1.54) is 6.07 Å². The van der Waals surface area contributed by atoms with Gasteiger partial charge in [-0.1, -0.05) is 0 Å². The second kappa shape index (κ2) is 5.34. The van der Waals surface area contributed by atoms with Crippen molar-refractivity contribution in [2.24, 2.45) is 0 Å². The molecular formula is C10H16N2O3S2. The van der Waals surface area contributed by atoms with E-state index in [9.17, 15) is 8.42 Å². The van der Waals surface area contributed by atoms with Crippen LogP contribution in [-0.2, 0) is 14.8 Å². The Morgan fingerprint density at radius 1 is 1.53 bits per heavy atom. The molecule has 1 fully saturated rings. The summed E-state index contributed by atoms with van der Waals surface area (Å²) in [6.07, 6.45) is 3.06. The number of rotatable bonds is 4. The van der Waals surface area contributed by atoms with Gasteiger partial charge in [0.1, 0.15) is 4.21 Å². The van der Waals surface area contributed by atoms with Gasteiger partial charge in [-0.15, -0.1) is 11.3 Å². The number of nitrogens with two attached hydrogens (primary N) is 1. The molecule has 1 unspecified atom stereocenters. The molecule has 1 atom stereocenters. The Balaban J connectivity index is 1.93. The van der Waals surface area contributed by atoms with Crippen molar-refractivity contribution in [3.8, 4) is 0 Å². The number of nitrogens with one attached hydrogen (secondary N) is 1. The number of sulfonamides is 1. The lowest BCUT2D eigenvalue weighted by Gasteiger charge is -2.22. The van der Waals surface area contributed by atoms with Gasteiger partial charge in [-0.05, 0) is 25.3 Å². The first-order valence-electron chi connectivity index (χ1n) is 5.53. The molecule has 0 aromatic carbocycles. The van der Waals surface area contributed by atoms with Gasteiger partial charge in [0, 0.05) is 24.2 Å². The monoisotopic (exact) mass is 276 g/mol. The van der Waals surface area contributed by atoms with Crippen LogP contribution in [0.3, 0.4) is 0 Å². The van der Waals surface area contributed by atoms with Crippen LogP contribution in [0.1, 0.15) is 19.3 Å². The van der Waals surface area contributed by atoms with Crippen LogP contribution >= 0.6 is 11.3 Å². The van der Waals surface area contributed by atoms with E-state index in [1.54, 1.807) is 5.38 Å². The lowest BCUT2D eigenvalue weighted by molar-refractivity contribution is 0.0200. The summed E-state index contributed by atoms with van der Waals surface area (Å²) in [6.45, 7) is 1.05. The van der Waals surface area contributed by atoms with Crippen LogP contribution in [-0.4, -0.2) is 27.7 Å². The number of hydrogen-bond donors (Lipinski definition) is 2. The summed E-state index contributed by atoms with van der Waals surface area (Å²) in [4.78, 5) is 0. The second-order valence-electron chi connectivity index (χ2n) is 4.04. The van der Waals surface area contributed by atoms with Crippen LogP contribution in [0, 0.1) is 0 Å². The summed E-state index contributed by atoms with van der Waals surface area (Å²) in [5.41, 5.74) is 5.98. The summed E-state index contributed by atoms with van der Waals surface area (Å²) >= 11 is 1.13. The highest BCUT2D eigenvalue weighted by Gasteiger charge is 2.20. The SMILES string of the molecule is Nc1csc(S(=O)(=O)NCC2CCCCO2)c1. The molecule has 96 valence electrons. The maximum atomic E-state index is 11.9. The van der Waals surface area contributed by atoms with E-state index in [4.69, 9.17) is 10.5 Å². The first kappa shape index (κ1) is 12.8. The van der Waals surface area contributed by atoms with Gasteiger partial charge in [-0.2, -0.15) is 0 Å². The zero-order valence-electron chi connectivity index (χ0n) is 9.39. The molecule has 1 aromatic heterocycles. The molecule has 7 heteroatoms. The smallest absolute Gasteiger partial charge is 0.250 e. The highest BCUT2D eigenvalue weighted by atomic mass is 32.2. The van der Waals surface area contributed by atoms with E-state index in [1.807, 2.05) is 0 Å². The number of hydrogen-bond acceptors (Lipinski definition) is 5. The zero-order chi connectivity index (χ0) is 12.3. The molecule has 1 aliphatic rings. The van der Waals surface area contributed by atoms with E-state index in [2.05, 4.69) is 4.72 Å². The highest BCUT2D eigenvalue weighted by Crippen LogP contribution is 2.21. The van der Waals surface area contributed by atoms with E-state index >= 15 is 0 Å². The lowest BCUT2D eigenvalue weighted by atomic mass is 10.1. The molecule has 0 saturated carbocycles. The topological polar surface area (TPSA) is 81.4 Å². The van der Waals surface area contributed by atoms with Gasteiger partial charge in [0.15, 0.2) is 0 Å². The van der Waals surface area contributed by atoms with Crippen molar-refractivity contribution in [2.45, 2.75) is 29.6 Å². The Morgan fingerprint density at radius 3 is 2.94 bits per heavy atom. The molecule has 0 spiro atoms. The molecule has 17 heavy (non-hydrogen) atoms. The molecule has 1 aliphatic heterocycles. The zero-order valence-corrected chi connectivity index (χ0v) is 11.0. The predicted octanol–water partition coefficient (Wildman–Crippen LogP) is 1.18. The van der Waals surface area contributed by atoms with Gasteiger partial charge in [0.25, 0.3) is 0 Å². The van der Waals surface area contributed by atoms with Gasteiger partial charge >= 0.3 is 0 Å². The van der Waals surface area contributed by atoms with Gasteiger partial charge in [0.05, 0.1) is 6.10 Å².